The maximum absolute atomic E-state index is 14.0. The number of aliphatic hydroxyl groups is 1. The predicted octanol–water partition coefficient (Wildman–Crippen LogP) is 5.41. The number of unbranched alkanes of at least 4 members (excludes halogenated alkanes) is 2. The van der Waals surface area contributed by atoms with Crippen molar-refractivity contribution in [3.8, 4) is 5.75 Å². The zero-order valence-electron chi connectivity index (χ0n) is 18.5. The Morgan fingerprint density at radius 1 is 1.03 bits per heavy atom. The van der Waals surface area contributed by atoms with Crippen LogP contribution in [0.5, 0.6) is 5.75 Å². The van der Waals surface area contributed by atoms with E-state index in [-0.39, 0.29) is 17.8 Å². The van der Waals surface area contributed by atoms with Crippen LogP contribution in [0.15, 0.2) is 42.5 Å². The molecule has 1 N–H and O–H groups in total. The van der Waals surface area contributed by atoms with E-state index < -0.39 is 19.7 Å². The van der Waals surface area contributed by atoms with Crippen molar-refractivity contribution in [3.05, 3.63) is 59.4 Å². The van der Waals surface area contributed by atoms with Gasteiger partial charge in [0.05, 0.1) is 0 Å². The molecule has 0 aliphatic rings. The summed E-state index contributed by atoms with van der Waals surface area (Å²) in [4.78, 5) is 0. The Hall–Kier alpha value is -1.27. The molecular formula is C25H35FO3Sn. The predicted molar refractivity (Wildman–Crippen MR) is 122 cm³/mol. The first-order chi connectivity index (χ1) is 14.5. The molecule has 3 nitrogen and oxygen atoms in total. The summed E-state index contributed by atoms with van der Waals surface area (Å²) in [6.45, 7) is 4.37. The topological polar surface area (TPSA) is 46.5 Å². The number of hydrogen-bond acceptors (Lipinski definition) is 3. The molecule has 0 fully saturated rings. The number of aliphatic hydroxyl groups excluding tert-OH is 1. The fourth-order valence-electron chi connectivity index (χ4n) is 4.00. The van der Waals surface area contributed by atoms with Gasteiger partial charge in [0, 0.05) is 0 Å². The van der Waals surface area contributed by atoms with Crippen LogP contribution in [-0.4, -0.2) is 38.6 Å². The summed E-state index contributed by atoms with van der Waals surface area (Å²) in [5.74, 6) is 0.474. The second-order valence-corrected chi connectivity index (χ2v) is 13.3. The van der Waals surface area contributed by atoms with Gasteiger partial charge < -0.3 is 0 Å². The average molecular weight is 521 g/mol. The van der Waals surface area contributed by atoms with E-state index in [0.29, 0.717) is 10.9 Å². The first-order valence-electron chi connectivity index (χ1n) is 11.0. The van der Waals surface area contributed by atoms with Crippen LogP contribution in [0, 0.1) is 11.2 Å². The Bertz CT molecular complexity index is 797. The maximum atomic E-state index is 14.0. The van der Waals surface area contributed by atoms with Crippen molar-refractivity contribution in [1.29, 1.82) is 0 Å². The van der Waals surface area contributed by atoms with Crippen molar-refractivity contribution < 1.29 is 17.3 Å². The third kappa shape index (κ3) is 7.15. The van der Waals surface area contributed by atoms with Crippen molar-refractivity contribution in [3.63, 3.8) is 0 Å². The number of hydrogen-bond donors (Lipinski definition) is 1. The molecule has 0 aliphatic carbocycles. The molecule has 0 atom stereocenters. The Morgan fingerprint density at radius 3 is 2.20 bits per heavy atom. The second kappa shape index (κ2) is 12.6. The molecule has 2 aromatic rings. The Kier molecular flexibility index (Phi) is 10.5. The minimum atomic E-state index is -3.28. The molecule has 0 aromatic heterocycles. The quantitative estimate of drug-likeness (QED) is 0.359. The molecule has 0 bridgehead atoms. The molecule has 5 heteroatoms. The van der Waals surface area contributed by atoms with E-state index in [0.717, 1.165) is 59.0 Å². The molecule has 0 unspecified atom stereocenters. The van der Waals surface area contributed by atoms with Gasteiger partial charge in [-0.3, -0.25) is 0 Å². The summed E-state index contributed by atoms with van der Waals surface area (Å²) < 4.78 is 34.2. The SMILES string of the molecule is CCCCC(CO)(CCCC)[CH2][Sn](=[O])[c]1ccc(F)cc1Cc1ccc(OC)cc1. The van der Waals surface area contributed by atoms with Crippen molar-refractivity contribution in [2.75, 3.05) is 13.7 Å². The van der Waals surface area contributed by atoms with E-state index in [1.54, 1.807) is 13.2 Å². The van der Waals surface area contributed by atoms with Crippen molar-refractivity contribution in [1.82, 2.24) is 0 Å². The number of rotatable bonds is 13. The molecule has 2 aromatic carbocycles. The Balaban J connectivity index is 2.28. The minimum absolute atomic E-state index is 0.0777. The molecule has 0 heterocycles. The van der Waals surface area contributed by atoms with Gasteiger partial charge in [-0.05, 0) is 0 Å². The molecule has 0 radical (unpaired) electrons. The first kappa shape index (κ1) is 25.0. The summed E-state index contributed by atoms with van der Waals surface area (Å²) >= 11 is -3.28. The van der Waals surface area contributed by atoms with E-state index >= 15 is 0 Å². The summed E-state index contributed by atoms with van der Waals surface area (Å²) in [6, 6.07) is 12.4. The molecule has 0 spiro atoms. The van der Waals surface area contributed by atoms with Gasteiger partial charge in [0.25, 0.3) is 0 Å². The number of methoxy groups -OCH3 is 1. The van der Waals surface area contributed by atoms with Crippen LogP contribution >= 0.6 is 0 Å². The average Bonchev–Trinajstić information content (AvgIpc) is 2.76. The number of benzene rings is 2. The summed E-state index contributed by atoms with van der Waals surface area (Å²) in [5, 5.41) is 10.2. The van der Waals surface area contributed by atoms with Crippen molar-refractivity contribution in [2.24, 2.45) is 5.41 Å². The van der Waals surface area contributed by atoms with E-state index in [9.17, 15) is 12.6 Å². The Morgan fingerprint density at radius 2 is 1.67 bits per heavy atom. The molecule has 164 valence electrons. The zero-order valence-corrected chi connectivity index (χ0v) is 21.4. The fraction of sp³-hybridized carbons (Fsp3) is 0.520. The molecule has 0 amide bonds. The van der Waals surface area contributed by atoms with Crippen LogP contribution in [0.25, 0.3) is 0 Å². The van der Waals surface area contributed by atoms with Crippen LogP contribution in [0.2, 0.25) is 4.44 Å². The monoisotopic (exact) mass is 522 g/mol. The van der Waals surface area contributed by atoms with E-state index in [1.807, 2.05) is 24.3 Å². The van der Waals surface area contributed by atoms with Gasteiger partial charge in [-0.15, -0.1) is 0 Å². The molecule has 2 rings (SSSR count). The van der Waals surface area contributed by atoms with E-state index in [1.165, 1.54) is 12.1 Å². The normalized spacial score (nSPS) is 11.5. The van der Waals surface area contributed by atoms with E-state index in [2.05, 4.69) is 13.8 Å². The van der Waals surface area contributed by atoms with Gasteiger partial charge in [-0.2, -0.15) is 0 Å². The second-order valence-electron chi connectivity index (χ2n) is 8.29. The van der Waals surface area contributed by atoms with Gasteiger partial charge in [-0.1, -0.05) is 0 Å². The van der Waals surface area contributed by atoms with Crippen LogP contribution in [0.4, 0.5) is 4.39 Å². The van der Waals surface area contributed by atoms with Crippen LogP contribution in [-0.2, 0) is 9.50 Å². The Labute approximate surface area is 187 Å². The first-order valence-corrected chi connectivity index (χ1v) is 15.6. The number of ether oxygens (including phenoxy) is 1. The zero-order chi connectivity index (χ0) is 22.0. The summed E-state index contributed by atoms with van der Waals surface area (Å²) in [5.41, 5.74) is 1.57. The van der Waals surface area contributed by atoms with E-state index in [4.69, 9.17) is 4.74 Å². The number of halogens is 1. The van der Waals surface area contributed by atoms with Gasteiger partial charge in [0.15, 0.2) is 0 Å². The molecule has 0 saturated heterocycles. The van der Waals surface area contributed by atoms with Crippen molar-refractivity contribution in [2.45, 2.75) is 63.2 Å². The summed E-state index contributed by atoms with van der Waals surface area (Å²) in [7, 11) is 1.63. The van der Waals surface area contributed by atoms with Crippen LogP contribution in [0.1, 0.15) is 63.5 Å². The fourth-order valence-corrected chi connectivity index (χ4v) is 10.1. The molecule has 30 heavy (non-hydrogen) atoms. The summed E-state index contributed by atoms with van der Waals surface area (Å²) in [6.07, 6.45) is 6.53. The van der Waals surface area contributed by atoms with Crippen LogP contribution in [0.3, 0.4) is 0 Å². The van der Waals surface area contributed by atoms with Gasteiger partial charge in [0.1, 0.15) is 0 Å². The van der Waals surface area contributed by atoms with Crippen LogP contribution < -0.4 is 8.32 Å². The standard InChI is InChI=1S/C14H12FO.C11H23O.O.Sn/c1-16-14-7-5-11(6-8-14)9-12-3-2-4-13(15)10-12;1-4-6-8-11(3,10-12)9-7-5-2;;/h2,4-8,10H,9H2,1H3;12H,3-10H2,1-2H3;;. The molecule has 0 aliphatic heterocycles. The van der Waals surface area contributed by atoms with Gasteiger partial charge in [-0.25, -0.2) is 0 Å². The van der Waals surface area contributed by atoms with Gasteiger partial charge >= 0.3 is 188 Å². The third-order valence-corrected chi connectivity index (χ3v) is 12.1. The van der Waals surface area contributed by atoms with Crippen molar-refractivity contribution >= 4 is 23.3 Å². The molecule has 0 saturated carbocycles. The third-order valence-electron chi connectivity index (χ3n) is 5.91. The van der Waals surface area contributed by atoms with Gasteiger partial charge in [0.2, 0.25) is 0 Å². The molecular weight excluding hydrogens is 486 g/mol.